The quantitative estimate of drug-likeness (QED) is 0.846. The molecule has 126 valence electrons. The molecule has 0 aliphatic carbocycles. The minimum Gasteiger partial charge on any atom is -0.361 e. The average Bonchev–Trinajstić information content (AvgIpc) is 2.77. The molecule has 0 amide bonds. The Bertz CT molecular complexity index is 747. The summed E-state index contributed by atoms with van der Waals surface area (Å²) in [4.78, 5) is 0. The van der Waals surface area contributed by atoms with Gasteiger partial charge < -0.3 is 9.84 Å². The normalized spacial score (nSPS) is 14.5. The highest BCUT2D eigenvalue weighted by Gasteiger charge is 2.18. The molecular weight excluding hydrogens is 314 g/mol. The predicted octanol–water partition coefficient (Wildman–Crippen LogP) is 3.07. The van der Waals surface area contributed by atoms with E-state index in [9.17, 15) is 8.42 Å². The SMILES string of the molecule is Cc1noc(C)c1[C@@H](C)N[C@@H](C)c1ccc(NS(C)(=O)=O)cc1. The maximum absolute atomic E-state index is 11.2. The second-order valence-electron chi connectivity index (χ2n) is 5.84. The summed E-state index contributed by atoms with van der Waals surface area (Å²) in [7, 11) is -3.25. The van der Waals surface area contributed by atoms with Crippen molar-refractivity contribution >= 4 is 15.7 Å². The molecule has 0 unspecified atom stereocenters. The largest absolute Gasteiger partial charge is 0.361 e. The summed E-state index contributed by atoms with van der Waals surface area (Å²) in [5.41, 5.74) is 3.60. The van der Waals surface area contributed by atoms with E-state index in [1.54, 1.807) is 12.1 Å². The molecule has 7 heteroatoms. The molecule has 0 fully saturated rings. The number of hydrogen-bond donors (Lipinski definition) is 2. The molecule has 1 aromatic heterocycles. The summed E-state index contributed by atoms with van der Waals surface area (Å²) in [6.45, 7) is 7.97. The highest BCUT2D eigenvalue weighted by Crippen LogP contribution is 2.25. The van der Waals surface area contributed by atoms with Crippen molar-refractivity contribution < 1.29 is 12.9 Å². The third-order valence-electron chi connectivity index (χ3n) is 3.74. The van der Waals surface area contributed by atoms with Gasteiger partial charge in [0.1, 0.15) is 5.76 Å². The number of benzene rings is 1. The Hall–Kier alpha value is -1.86. The van der Waals surface area contributed by atoms with Gasteiger partial charge in [0.25, 0.3) is 0 Å². The van der Waals surface area contributed by atoms with Crippen molar-refractivity contribution in [2.75, 3.05) is 11.0 Å². The van der Waals surface area contributed by atoms with Crippen molar-refractivity contribution in [2.24, 2.45) is 0 Å². The maximum atomic E-state index is 11.2. The highest BCUT2D eigenvalue weighted by molar-refractivity contribution is 7.92. The molecule has 2 atom stereocenters. The van der Waals surface area contributed by atoms with Gasteiger partial charge in [0.2, 0.25) is 10.0 Å². The van der Waals surface area contributed by atoms with Crippen LogP contribution in [0, 0.1) is 13.8 Å². The molecule has 0 bridgehead atoms. The van der Waals surface area contributed by atoms with Gasteiger partial charge >= 0.3 is 0 Å². The number of anilines is 1. The summed E-state index contributed by atoms with van der Waals surface area (Å²) >= 11 is 0. The Morgan fingerprint density at radius 3 is 2.17 bits per heavy atom. The molecule has 6 nitrogen and oxygen atoms in total. The monoisotopic (exact) mass is 337 g/mol. The van der Waals surface area contributed by atoms with E-state index < -0.39 is 10.0 Å². The first-order chi connectivity index (χ1) is 10.7. The number of nitrogens with zero attached hydrogens (tertiary/aromatic N) is 1. The molecule has 23 heavy (non-hydrogen) atoms. The van der Waals surface area contributed by atoms with Crippen molar-refractivity contribution in [3.63, 3.8) is 0 Å². The number of nitrogens with one attached hydrogen (secondary N) is 2. The fourth-order valence-electron chi connectivity index (χ4n) is 2.72. The standard InChI is InChI=1S/C16H23N3O3S/c1-10(17-11(2)16-12(3)18-22-13(16)4)14-6-8-15(9-7-14)19-23(5,20)21/h6-11,17,19H,1-5H3/t10-,11+/m0/s1. The van der Waals surface area contributed by atoms with Gasteiger partial charge in [-0.1, -0.05) is 17.3 Å². The van der Waals surface area contributed by atoms with E-state index >= 15 is 0 Å². The summed E-state index contributed by atoms with van der Waals surface area (Å²) < 4.78 is 30.1. The zero-order valence-corrected chi connectivity index (χ0v) is 14.9. The van der Waals surface area contributed by atoms with Crippen molar-refractivity contribution in [3.8, 4) is 0 Å². The molecule has 1 aromatic carbocycles. The van der Waals surface area contributed by atoms with Crippen LogP contribution >= 0.6 is 0 Å². The second-order valence-corrected chi connectivity index (χ2v) is 7.59. The van der Waals surface area contributed by atoms with Crippen molar-refractivity contribution in [2.45, 2.75) is 39.8 Å². The lowest BCUT2D eigenvalue weighted by Crippen LogP contribution is -2.23. The Kier molecular flexibility index (Phi) is 5.11. The minimum absolute atomic E-state index is 0.102. The number of aromatic nitrogens is 1. The van der Waals surface area contributed by atoms with E-state index in [1.807, 2.05) is 26.0 Å². The predicted molar refractivity (Wildman–Crippen MR) is 90.9 cm³/mol. The first-order valence-electron chi connectivity index (χ1n) is 7.44. The number of rotatable bonds is 6. The molecule has 1 heterocycles. The van der Waals surface area contributed by atoms with Crippen LogP contribution in [0.2, 0.25) is 0 Å². The van der Waals surface area contributed by atoms with Crippen LogP contribution in [0.15, 0.2) is 28.8 Å². The third kappa shape index (κ3) is 4.56. The van der Waals surface area contributed by atoms with Crippen LogP contribution in [0.25, 0.3) is 0 Å². The Labute approximate surface area is 137 Å². The Morgan fingerprint density at radius 1 is 1.09 bits per heavy atom. The molecule has 0 spiro atoms. The first-order valence-corrected chi connectivity index (χ1v) is 9.33. The number of aryl methyl sites for hydroxylation is 2. The fraction of sp³-hybridized carbons (Fsp3) is 0.438. The van der Waals surface area contributed by atoms with Crippen LogP contribution in [0.1, 0.15) is 48.5 Å². The Balaban J connectivity index is 2.07. The molecule has 2 rings (SSSR count). The van der Waals surface area contributed by atoms with Crippen molar-refractivity contribution in [1.82, 2.24) is 10.5 Å². The first kappa shape index (κ1) is 17.5. The summed E-state index contributed by atoms with van der Waals surface area (Å²) in [5, 5.41) is 7.49. The molecule has 0 aliphatic heterocycles. The third-order valence-corrected chi connectivity index (χ3v) is 4.34. The van der Waals surface area contributed by atoms with Gasteiger partial charge in [0, 0.05) is 23.3 Å². The summed E-state index contributed by atoms with van der Waals surface area (Å²) in [6, 6.07) is 7.54. The second kappa shape index (κ2) is 6.72. The van der Waals surface area contributed by atoms with E-state index in [0.29, 0.717) is 5.69 Å². The van der Waals surface area contributed by atoms with Crippen molar-refractivity contribution in [1.29, 1.82) is 0 Å². The van der Waals surface area contributed by atoms with E-state index in [1.165, 1.54) is 0 Å². The van der Waals surface area contributed by atoms with Crippen LogP contribution in [0.3, 0.4) is 0 Å². The zero-order chi connectivity index (χ0) is 17.2. The van der Waals surface area contributed by atoms with Crippen LogP contribution in [0.4, 0.5) is 5.69 Å². The van der Waals surface area contributed by atoms with Crippen LogP contribution in [-0.2, 0) is 10.0 Å². The Morgan fingerprint density at radius 2 is 1.70 bits per heavy atom. The van der Waals surface area contributed by atoms with E-state index in [0.717, 1.165) is 28.8 Å². The smallest absolute Gasteiger partial charge is 0.229 e. The summed E-state index contributed by atoms with van der Waals surface area (Å²) in [6.07, 6.45) is 1.14. The molecule has 2 N–H and O–H groups in total. The molecule has 0 saturated carbocycles. The fourth-order valence-corrected chi connectivity index (χ4v) is 3.28. The maximum Gasteiger partial charge on any atom is 0.229 e. The molecule has 2 aromatic rings. The topological polar surface area (TPSA) is 84.2 Å². The molecule has 0 aliphatic rings. The lowest BCUT2D eigenvalue weighted by atomic mass is 10.0. The van der Waals surface area contributed by atoms with Crippen LogP contribution < -0.4 is 10.0 Å². The molecular formula is C16H23N3O3S. The van der Waals surface area contributed by atoms with E-state index in [-0.39, 0.29) is 12.1 Å². The van der Waals surface area contributed by atoms with Crippen LogP contribution in [-0.4, -0.2) is 19.8 Å². The average molecular weight is 337 g/mol. The number of hydrogen-bond acceptors (Lipinski definition) is 5. The van der Waals surface area contributed by atoms with E-state index in [4.69, 9.17) is 4.52 Å². The lowest BCUT2D eigenvalue weighted by Gasteiger charge is -2.20. The minimum atomic E-state index is -3.25. The van der Waals surface area contributed by atoms with Gasteiger partial charge in [-0.2, -0.15) is 0 Å². The molecule has 0 radical (unpaired) electrons. The highest BCUT2D eigenvalue weighted by atomic mass is 32.2. The zero-order valence-electron chi connectivity index (χ0n) is 14.0. The van der Waals surface area contributed by atoms with E-state index in [2.05, 4.69) is 29.0 Å². The van der Waals surface area contributed by atoms with Crippen molar-refractivity contribution in [3.05, 3.63) is 46.8 Å². The van der Waals surface area contributed by atoms with Gasteiger partial charge in [-0.3, -0.25) is 4.72 Å². The summed E-state index contributed by atoms with van der Waals surface area (Å²) in [5.74, 6) is 0.822. The van der Waals surface area contributed by atoms with Crippen LogP contribution in [0.5, 0.6) is 0 Å². The van der Waals surface area contributed by atoms with Gasteiger partial charge in [-0.05, 0) is 45.4 Å². The number of sulfonamides is 1. The van der Waals surface area contributed by atoms with Gasteiger partial charge in [-0.25, -0.2) is 8.42 Å². The van der Waals surface area contributed by atoms with Gasteiger partial charge in [-0.15, -0.1) is 0 Å². The van der Waals surface area contributed by atoms with Gasteiger partial charge in [0.05, 0.1) is 11.9 Å². The molecule has 0 saturated heterocycles. The van der Waals surface area contributed by atoms with Gasteiger partial charge in [0.15, 0.2) is 0 Å². The lowest BCUT2D eigenvalue weighted by molar-refractivity contribution is 0.389.